The maximum atomic E-state index is 12.2. The third kappa shape index (κ3) is 6.19. The predicted molar refractivity (Wildman–Crippen MR) is 98.6 cm³/mol. The van der Waals surface area contributed by atoms with Crippen LogP contribution in [0.25, 0.3) is 0 Å². The van der Waals surface area contributed by atoms with Crippen LogP contribution in [0.4, 0.5) is 0 Å². The Morgan fingerprint density at radius 3 is 2.26 bits per heavy atom. The number of aliphatic hydroxyl groups excluding tert-OH is 1. The van der Waals surface area contributed by atoms with E-state index in [1.807, 2.05) is 66.7 Å². The van der Waals surface area contributed by atoms with E-state index in [-0.39, 0.29) is 23.5 Å². The van der Waals surface area contributed by atoms with Gasteiger partial charge in [0.25, 0.3) is 0 Å². The number of rotatable bonds is 5. The normalized spacial score (nSPS) is 15.1. The van der Waals surface area contributed by atoms with Crippen LogP contribution in [0, 0.1) is 10.8 Å². The molecule has 2 N–H and O–H groups in total. The number of nitrogens with one attached hydrogen (secondary N) is 1. The topological polar surface area (TPSA) is 49.3 Å². The van der Waals surface area contributed by atoms with Gasteiger partial charge in [0.15, 0.2) is 0 Å². The summed E-state index contributed by atoms with van der Waals surface area (Å²) in [5.41, 5.74) is 0.559. The minimum absolute atomic E-state index is 0.0412. The summed E-state index contributed by atoms with van der Waals surface area (Å²) in [5, 5.41) is 13.3. The molecule has 0 fully saturated rings. The van der Waals surface area contributed by atoms with Crippen LogP contribution >= 0.6 is 11.8 Å². The van der Waals surface area contributed by atoms with Crippen molar-refractivity contribution >= 4 is 17.7 Å². The van der Waals surface area contributed by atoms with Gasteiger partial charge in [0.05, 0.1) is 12.1 Å². The lowest BCUT2D eigenvalue weighted by atomic mass is 9.90. The first-order valence-corrected chi connectivity index (χ1v) is 9.12. The van der Waals surface area contributed by atoms with E-state index in [9.17, 15) is 9.90 Å². The molecular formula is C19H31NO2S. The highest BCUT2D eigenvalue weighted by Gasteiger charge is 2.25. The number of benzene rings is 1. The van der Waals surface area contributed by atoms with E-state index in [2.05, 4.69) is 11.4 Å². The molecule has 4 heteroatoms. The molecule has 0 saturated carbocycles. The van der Waals surface area contributed by atoms with Crippen LogP contribution in [0.15, 0.2) is 29.2 Å². The molecule has 0 aromatic heterocycles. The molecule has 1 aromatic carbocycles. The first-order valence-electron chi connectivity index (χ1n) is 8.13. The van der Waals surface area contributed by atoms with Crippen molar-refractivity contribution in [3.8, 4) is 0 Å². The zero-order chi connectivity index (χ0) is 17.8. The molecule has 23 heavy (non-hydrogen) atoms. The van der Waals surface area contributed by atoms with Crippen LogP contribution < -0.4 is 5.32 Å². The van der Waals surface area contributed by atoms with Crippen LogP contribution in [0.5, 0.6) is 0 Å². The van der Waals surface area contributed by atoms with Crippen LogP contribution in [-0.2, 0) is 4.79 Å². The number of hydrogen-bond donors (Lipinski definition) is 2. The monoisotopic (exact) mass is 337 g/mol. The number of carbonyl (C=O) groups excluding carboxylic acids is 1. The maximum Gasteiger partial charge on any atom is 0.225 e. The third-order valence-corrected chi connectivity index (χ3v) is 4.98. The van der Waals surface area contributed by atoms with E-state index < -0.39 is 5.41 Å². The standard InChI is InChI=1S/C19H31NO2S/c1-13(20-17(22)19(5,6)7)14-10-8-9-11-15(14)23-12-16(21)18(2,3)4/h8-11,13,16,21H,12H2,1-7H3,(H,20,22)/t13-,16+/m1/s1. The Kier molecular flexibility index (Phi) is 6.72. The van der Waals surface area contributed by atoms with Crippen molar-refractivity contribution in [1.29, 1.82) is 0 Å². The number of amides is 1. The molecule has 0 bridgehead atoms. The first kappa shape index (κ1) is 20.0. The van der Waals surface area contributed by atoms with Gasteiger partial charge in [-0.3, -0.25) is 4.79 Å². The third-order valence-electron chi connectivity index (χ3n) is 3.81. The van der Waals surface area contributed by atoms with E-state index in [1.54, 1.807) is 11.8 Å². The van der Waals surface area contributed by atoms with Gasteiger partial charge >= 0.3 is 0 Å². The lowest BCUT2D eigenvalue weighted by Gasteiger charge is -2.26. The van der Waals surface area contributed by atoms with E-state index in [4.69, 9.17) is 0 Å². The Labute approximate surface area is 145 Å². The van der Waals surface area contributed by atoms with Gasteiger partial charge in [-0.1, -0.05) is 59.7 Å². The Hall–Kier alpha value is -1.00. The van der Waals surface area contributed by atoms with E-state index in [1.165, 1.54) is 0 Å². The van der Waals surface area contributed by atoms with Crippen molar-refractivity contribution < 1.29 is 9.90 Å². The molecule has 1 rings (SSSR count). The van der Waals surface area contributed by atoms with Crippen molar-refractivity contribution in [1.82, 2.24) is 5.32 Å². The van der Waals surface area contributed by atoms with Gasteiger partial charge in [0, 0.05) is 16.1 Å². The predicted octanol–water partition coefficient (Wildman–Crippen LogP) is 4.41. The lowest BCUT2D eigenvalue weighted by Crippen LogP contribution is -2.36. The zero-order valence-corrected chi connectivity index (χ0v) is 16.3. The van der Waals surface area contributed by atoms with Gasteiger partial charge in [-0.05, 0) is 24.0 Å². The molecule has 1 aromatic rings. The fourth-order valence-electron chi connectivity index (χ4n) is 1.88. The fourth-order valence-corrected chi connectivity index (χ4v) is 3.30. The largest absolute Gasteiger partial charge is 0.392 e. The smallest absolute Gasteiger partial charge is 0.225 e. The summed E-state index contributed by atoms with van der Waals surface area (Å²) < 4.78 is 0. The average molecular weight is 338 g/mol. The Morgan fingerprint density at radius 1 is 1.17 bits per heavy atom. The van der Waals surface area contributed by atoms with Crippen LogP contribution in [0.2, 0.25) is 0 Å². The van der Waals surface area contributed by atoms with Gasteiger partial charge in [-0.15, -0.1) is 11.8 Å². The SMILES string of the molecule is C[C@@H](NC(=O)C(C)(C)C)c1ccccc1SC[C@H](O)C(C)(C)C. The van der Waals surface area contributed by atoms with E-state index in [0.29, 0.717) is 5.75 Å². The summed E-state index contributed by atoms with van der Waals surface area (Å²) in [5.74, 6) is 0.681. The minimum atomic E-state index is -0.404. The minimum Gasteiger partial charge on any atom is -0.392 e. The first-order chi connectivity index (χ1) is 10.4. The highest BCUT2D eigenvalue weighted by Crippen LogP contribution is 2.31. The van der Waals surface area contributed by atoms with E-state index >= 15 is 0 Å². The molecule has 0 radical (unpaired) electrons. The molecule has 130 valence electrons. The quantitative estimate of drug-likeness (QED) is 0.783. The molecule has 1 amide bonds. The van der Waals surface area contributed by atoms with Gasteiger partial charge in [0.1, 0.15) is 0 Å². The average Bonchev–Trinajstić information content (AvgIpc) is 2.42. The lowest BCUT2D eigenvalue weighted by molar-refractivity contribution is -0.129. The van der Waals surface area contributed by atoms with Gasteiger partial charge < -0.3 is 10.4 Å². The maximum absolute atomic E-state index is 12.2. The molecule has 0 heterocycles. The molecule has 0 aliphatic heterocycles. The van der Waals surface area contributed by atoms with Crippen molar-refractivity contribution in [3.05, 3.63) is 29.8 Å². The second-order valence-electron chi connectivity index (χ2n) is 8.18. The molecule has 0 saturated heterocycles. The van der Waals surface area contributed by atoms with Gasteiger partial charge in [-0.25, -0.2) is 0 Å². The van der Waals surface area contributed by atoms with Crippen LogP contribution in [-0.4, -0.2) is 22.9 Å². The van der Waals surface area contributed by atoms with Crippen LogP contribution in [0.3, 0.4) is 0 Å². The zero-order valence-electron chi connectivity index (χ0n) is 15.4. The Balaban J connectivity index is 2.83. The van der Waals surface area contributed by atoms with Crippen molar-refractivity contribution in [3.63, 3.8) is 0 Å². The second kappa shape index (κ2) is 7.71. The highest BCUT2D eigenvalue weighted by molar-refractivity contribution is 7.99. The Bertz CT molecular complexity index is 529. The van der Waals surface area contributed by atoms with Crippen molar-refractivity contribution in [2.24, 2.45) is 10.8 Å². The summed E-state index contributed by atoms with van der Waals surface area (Å²) in [6.45, 7) is 13.9. The molecule has 2 atom stereocenters. The van der Waals surface area contributed by atoms with Crippen LogP contribution in [0.1, 0.15) is 60.1 Å². The fraction of sp³-hybridized carbons (Fsp3) is 0.632. The second-order valence-corrected chi connectivity index (χ2v) is 9.24. The molecule has 0 unspecified atom stereocenters. The number of thioether (sulfide) groups is 1. The summed E-state index contributed by atoms with van der Waals surface area (Å²) >= 11 is 1.64. The molecular weight excluding hydrogens is 306 g/mol. The molecule has 0 aliphatic rings. The van der Waals surface area contributed by atoms with Crippen molar-refractivity contribution in [2.45, 2.75) is 65.5 Å². The van der Waals surface area contributed by atoms with E-state index in [0.717, 1.165) is 10.5 Å². The van der Waals surface area contributed by atoms with Gasteiger partial charge in [-0.2, -0.15) is 0 Å². The molecule has 3 nitrogen and oxygen atoms in total. The highest BCUT2D eigenvalue weighted by atomic mass is 32.2. The summed E-state index contributed by atoms with van der Waals surface area (Å²) in [6.07, 6.45) is -0.375. The van der Waals surface area contributed by atoms with Crippen molar-refractivity contribution in [2.75, 3.05) is 5.75 Å². The summed E-state index contributed by atoms with van der Waals surface area (Å²) in [4.78, 5) is 13.3. The molecule has 0 aliphatic carbocycles. The van der Waals surface area contributed by atoms with Gasteiger partial charge in [0.2, 0.25) is 5.91 Å². The summed E-state index contributed by atoms with van der Waals surface area (Å²) in [7, 11) is 0. The number of carbonyl (C=O) groups is 1. The summed E-state index contributed by atoms with van der Waals surface area (Å²) in [6, 6.07) is 8.01. The Morgan fingerprint density at radius 2 is 1.74 bits per heavy atom. The number of aliphatic hydroxyl groups is 1. The number of hydrogen-bond acceptors (Lipinski definition) is 3. The molecule has 0 spiro atoms.